The zero-order valence-corrected chi connectivity index (χ0v) is 11.7. The third-order valence-corrected chi connectivity index (χ3v) is 4.67. The fourth-order valence-corrected chi connectivity index (χ4v) is 3.53. The zero-order chi connectivity index (χ0) is 16.1. The third kappa shape index (κ3) is 2.69. The molecule has 0 radical (unpaired) electrons. The SMILES string of the molecule is NC1CCC2CN(C(=O)c3cc(F)cc(C(F)(F)F)c3)CC12. The Hall–Kier alpha value is -1.63. The molecule has 1 aromatic carbocycles. The van der Waals surface area contributed by atoms with Crippen molar-refractivity contribution in [3.8, 4) is 0 Å². The van der Waals surface area contributed by atoms with E-state index in [1.54, 1.807) is 0 Å². The lowest BCUT2D eigenvalue weighted by molar-refractivity contribution is -0.137. The molecular weight excluding hydrogens is 300 g/mol. The number of carbonyl (C=O) groups is 1. The van der Waals surface area contributed by atoms with Gasteiger partial charge in [0.2, 0.25) is 0 Å². The third-order valence-electron chi connectivity index (χ3n) is 4.67. The Bertz CT molecular complexity index is 602. The molecule has 7 heteroatoms. The first kappa shape index (κ1) is 15.3. The molecular formula is C15H16F4N2O. The molecule has 2 aliphatic rings. The number of amides is 1. The van der Waals surface area contributed by atoms with E-state index in [1.807, 2.05) is 0 Å². The van der Waals surface area contributed by atoms with Crippen LogP contribution in [0.25, 0.3) is 0 Å². The van der Waals surface area contributed by atoms with Crippen LogP contribution in [0.1, 0.15) is 28.8 Å². The smallest absolute Gasteiger partial charge is 0.338 e. The van der Waals surface area contributed by atoms with Gasteiger partial charge in [0.1, 0.15) is 5.82 Å². The molecule has 2 N–H and O–H groups in total. The number of hydrogen-bond acceptors (Lipinski definition) is 2. The predicted octanol–water partition coefficient (Wildman–Crippen LogP) is 2.65. The highest BCUT2D eigenvalue weighted by atomic mass is 19.4. The normalized spacial score (nSPS) is 28.0. The number of likely N-dealkylation sites (tertiary alicyclic amines) is 1. The van der Waals surface area contributed by atoms with Gasteiger partial charge in [0.15, 0.2) is 0 Å². The predicted molar refractivity (Wildman–Crippen MR) is 71.5 cm³/mol. The lowest BCUT2D eigenvalue weighted by Gasteiger charge is -2.19. The number of nitrogens with two attached hydrogens (primary N) is 1. The highest BCUT2D eigenvalue weighted by Gasteiger charge is 2.43. The molecule has 3 nitrogen and oxygen atoms in total. The van der Waals surface area contributed by atoms with Crippen molar-refractivity contribution in [1.82, 2.24) is 4.90 Å². The minimum atomic E-state index is -4.68. The Morgan fingerprint density at radius 3 is 2.55 bits per heavy atom. The van der Waals surface area contributed by atoms with Crippen molar-refractivity contribution < 1.29 is 22.4 Å². The zero-order valence-electron chi connectivity index (χ0n) is 11.7. The number of fused-ring (bicyclic) bond motifs is 1. The van der Waals surface area contributed by atoms with E-state index in [2.05, 4.69) is 0 Å². The van der Waals surface area contributed by atoms with Gasteiger partial charge in [0.05, 0.1) is 5.56 Å². The number of rotatable bonds is 1. The van der Waals surface area contributed by atoms with Crippen LogP contribution in [0.4, 0.5) is 17.6 Å². The summed E-state index contributed by atoms with van der Waals surface area (Å²) >= 11 is 0. The monoisotopic (exact) mass is 316 g/mol. The Kier molecular flexibility index (Phi) is 3.63. The van der Waals surface area contributed by atoms with E-state index < -0.39 is 23.5 Å². The van der Waals surface area contributed by atoms with Gasteiger partial charge in [0, 0.05) is 24.7 Å². The second-order valence-electron chi connectivity index (χ2n) is 6.10. The number of benzene rings is 1. The average molecular weight is 316 g/mol. The summed E-state index contributed by atoms with van der Waals surface area (Å²) in [6, 6.07) is 1.98. The topological polar surface area (TPSA) is 46.3 Å². The fourth-order valence-electron chi connectivity index (χ4n) is 3.53. The highest BCUT2D eigenvalue weighted by Crippen LogP contribution is 2.38. The highest BCUT2D eigenvalue weighted by molar-refractivity contribution is 5.94. The minimum Gasteiger partial charge on any atom is -0.338 e. The van der Waals surface area contributed by atoms with Gasteiger partial charge < -0.3 is 10.6 Å². The van der Waals surface area contributed by atoms with Crippen LogP contribution in [-0.4, -0.2) is 29.9 Å². The maximum atomic E-state index is 13.4. The summed E-state index contributed by atoms with van der Waals surface area (Å²) < 4.78 is 51.6. The number of carbonyl (C=O) groups excluding carboxylic acids is 1. The molecule has 0 spiro atoms. The lowest BCUT2D eigenvalue weighted by atomic mass is 9.98. The van der Waals surface area contributed by atoms with Gasteiger partial charge in [-0.05, 0) is 42.9 Å². The summed E-state index contributed by atoms with van der Waals surface area (Å²) in [6.45, 7) is 0.914. The average Bonchev–Trinajstić information content (AvgIpc) is 2.99. The van der Waals surface area contributed by atoms with Crippen molar-refractivity contribution >= 4 is 5.91 Å². The molecule has 2 fully saturated rings. The standard InChI is InChI=1S/C15H16F4N2O/c16-11-4-9(3-10(5-11)15(17,18)19)14(22)21-6-8-1-2-13(20)12(8)7-21/h3-5,8,12-13H,1-2,6-7,20H2. The van der Waals surface area contributed by atoms with Gasteiger partial charge in [-0.1, -0.05) is 0 Å². The van der Waals surface area contributed by atoms with Crippen LogP contribution in [0, 0.1) is 17.7 Å². The van der Waals surface area contributed by atoms with Gasteiger partial charge >= 0.3 is 6.18 Å². The quantitative estimate of drug-likeness (QED) is 0.810. The minimum absolute atomic E-state index is 0.0287. The second-order valence-corrected chi connectivity index (χ2v) is 6.10. The largest absolute Gasteiger partial charge is 0.416 e. The van der Waals surface area contributed by atoms with Gasteiger partial charge in [-0.2, -0.15) is 13.2 Å². The molecule has 3 unspecified atom stereocenters. The molecule has 3 rings (SSSR count). The molecule has 1 saturated carbocycles. The van der Waals surface area contributed by atoms with Crippen molar-refractivity contribution in [2.45, 2.75) is 25.1 Å². The van der Waals surface area contributed by atoms with E-state index in [1.165, 1.54) is 4.90 Å². The summed E-state index contributed by atoms with van der Waals surface area (Å²) in [6.07, 6.45) is -2.84. The summed E-state index contributed by atoms with van der Waals surface area (Å²) in [5.74, 6) is -1.13. The maximum Gasteiger partial charge on any atom is 0.416 e. The van der Waals surface area contributed by atoms with Crippen LogP contribution in [0.5, 0.6) is 0 Å². The van der Waals surface area contributed by atoms with E-state index >= 15 is 0 Å². The summed E-state index contributed by atoms with van der Waals surface area (Å²) in [4.78, 5) is 13.9. The Morgan fingerprint density at radius 1 is 1.18 bits per heavy atom. The molecule has 0 bridgehead atoms. The number of halogens is 4. The first-order valence-electron chi connectivity index (χ1n) is 7.18. The number of hydrogen-bond donors (Lipinski definition) is 1. The molecule has 3 atom stereocenters. The Morgan fingerprint density at radius 2 is 1.91 bits per heavy atom. The van der Waals surface area contributed by atoms with Gasteiger partial charge in [-0.3, -0.25) is 4.79 Å². The fraction of sp³-hybridized carbons (Fsp3) is 0.533. The molecule has 1 aliphatic heterocycles. The van der Waals surface area contributed by atoms with E-state index in [0.29, 0.717) is 31.1 Å². The van der Waals surface area contributed by atoms with Crippen molar-refractivity contribution in [2.24, 2.45) is 17.6 Å². The Balaban J connectivity index is 1.83. The van der Waals surface area contributed by atoms with Crippen molar-refractivity contribution in [3.05, 3.63) is 35.1 Å². The van der Waals surface area contributed by atoms with Crippen molar-refractivity contribution in [1.29, 1.82) is 0 Å². The molecule has 1 saturated heterocycles. The van der Waals surface area contributed by atoms with Crippen LogP contribution in [0.3, 0.4) is 0 Å². The second kappa shape index (κ2) is 5.22. The van der Waals surface area contributed by atoms with E-state index in [-0.39, 0.29) is 17.5 Å². The molecule has 120 valence electrons. The Labute approximate surface area is 125 Å². The van der Waals surface area contributed by atoms with Crippen LogP contribution in [0.15, 0.2) is 18.2 Å². The van der Waals surface area contributed by atoms with Gasteiger partial charge in [0.25, 0.3) is 5.91 Å². The molecule has 1 aliphatic carbocycles. The van der Waals surface area contributed by atoms with Crippen LogP contribution in [-0.2, 0) is 6.18 Å². The lowest BCUT2D eigenvalue weighted by Crippen LogP contribution is -2.33. The van der Waals surface area contributed by atoms with Crippen molar-refractivity contribution in [2.75, 3.05) is 13.1 Å². The summed E-state index contributed by atoms with van der Waals surface area (Å²) in [5, 5.41) is 0. The maximum absolute atomic E-state index is 13.4. The molecule has 0 aromatic heterocycles. The van der Waals surface area contributed by atoms with E-state index in [4.69, 9.17) is 5.73 Å². The molecule has 1 aromatic rings. The first-order chi connectivity index (χ1) is 10.3. The van der Waals surface area contributed by atoms with Crippen LogP contribution in [0.2, 0.25) is 0 Å². The van der Waals surface area contributed by atoms with E-state index in [0.717, 1.165) is 18.9 Å². The van der Waals surface area contributed by atoms with Crippen LogP contribution < -0.4 is 5.73 Å². The molecule has 1 heterocycles. The molecule has 1 amide bonds. The van der Waals surface area contributed by atoms with Gasteiger partial charge in [-0.15, -0.1) is 0 Å². The number of alkyl halides is 3. The molecule has 22 heavy (non-hydrogen) atoms. The summed E-state index contributed by atoms with van der Waals surface area (Å²) in [5.41, 5.74) is 4.57. The van der Waals surface area contributed by atoms with Crippen molar-refractivity contribution in [3.63, 3.8) is 0 Å². The van der Waals surface area contributed by atoms with E-state index in [9.17, 15) is 22.4 Å². The van der Waals surface area contributed by atoms with Gasteiger partial charge in [-0.25, -0.2) is 4.39 Å². The van der Waals surface area contributed by atoms with Crippen LogP contribution >= 0.6 is 0 Å². The number of nitrogens with zero attached hydrogens (tertiary/aromatic N) is 1. The summed E-state index contributed by atoms with van der Waals surface area (Å²) in [7, 11) is 0. The first-order valence-corrected chi connectivity index (χ1v) is 7.18.